The van der Waals surface area contributed by atoms with E-state index in [9.17, 15) is 31.2 Å². The van der Waals surface area contributed by atoms with Gasteiger partial charge in [-0.25, -0.2) is 8.42 Å². The van der Waals surface area contributed by atoms with Gasteiger partial charge in [-0.1, -0.05) is 0 Å². The van der Waals surface area contributed by atoms with Gasteiger partial charge in [0.1, 0.15) is 17.5 Å². The summed E-state index contributed by atoms with van der Waals surface area (Å²) in [6.45, 7) is 0.236. The molecule has 3 rings (SSSR count). The van der Waals surface area contributed by atoms with E-state index in [-0.39, 0.29) is 36.2 Å². The predicted molar refractivity (Wildman–Crippen MR) is 118 cm³/mol. The summed E-state index contributed by atoms with van der Waals surface area (Å²) in [5.41, 5.74) is 4.91. The molecule has 1 fully saturated rings. The number of carbonyl (C=O) groups is 2. The van der Waals surface area contributed by atoms with Crippen molar-refractivity contribution in [1.29, 1.82) is 0 Å². The second kappa shape index (κ2) is 9.89. The Bertz CT molecular complexity index is 1140. The number of ether oxygens (including phenoxy) is 1. The van der Waals surface area contributed by atoms with Crippen molar-refractivity contribution in [2.45, 2.75) is 12.2 Å². The highest BCUT2D eigenvalue weighted by atomic mass is 32.2. The predicted octanol–water partition coefficient (Wildman–Crippen LogP) is 1.55. The lowest BCUT2D eigenvalue weighted by Crippen LogP contribution is -2.59. The largest absolute Gasteiger partial charge is 0.457 e. The number of primary amides is 1. The zero-order valence-electron chi connectivity index (χ0n) is 18.1. The summed E-state index contributed by atoms with van der Waals surface area (Å²) in [6.07, 6.45) is -3.49. The molecule has 1 saturated heterocycles. The van der Waals surface area contributed by atoms with Crippen LogP contribution >= 0.6 is 0 Å². The first-order valence-corrected chi connectivity index (χ1v) is 11.9. The number of halogens is 3. The second-order valence-electron chi connectivity index (χ2n) is 7.65. The molecule has 9 nitrogen and oxygen atoms in total. The van der Waals surface area contributed by atoms with Crippen molar-refractivity contribution < 1.29 is 35.9 Å². The molecule has 1 heterocycles. The van der Waals surface area contributed by atoms with Crippen LogP contribution in [0.4, 0.5) is 18.9 Å². The lowest BCUT2D eigenvalue weighted by Gasteiger charge is -2.35. The number of nitrogens with zero attached hydrogens (tertiary/aromatic N) is 2. The van der Waals surface area contributed by atoms with Crippen LogP contribution < -0.4 is 20.1 Å². The molecule has 0 bridgehead atoms. The summed E-state index contributed by atoms with van der Waals surface area (Å²) < 4.78 is 69.6. The normalized spacial score (nSPS) is 15.9. The molecule has 0 unspecified atom stereocenters. The highest BCUT2D eigenvalue weighted by Gasteiger charge is 2.33. The first kappa shape index (κ1) is 25.3. The summed E-state index contributed by atoms with van der Waals surface area (Å²) in [5, 5.41) is 2.62. The van der Waals surface area contributed by atoms with Gasteiger partial charge in [0, 0.05) is 13.1 Å². The molecule has 2 amide bonds. The quantitative estimate of drug-likeness (QED) is 0.567. The Labute approximate surface area is 194 Å². The summed E-state index contributed by atoms with van der Waals surface area (Å²) in [4.78, 5) is 25.3. The molecule has 3 N–H and O–H groups in total. The molecule has 13 heteroatoms. The van der Waals surface area contributed by atoms with E-state index in [0.717, 1.165) is 22.7 Å². The monoisotopic (exact) mass is 500 g/mol. The average molecular weight is 500 g/mol. The Morgan fingerprint density at radius 2 is 1.71 bits per heavy atom. The van der Waals surface area contributed by atoms with Crippen LogP contribution in [0.25, 0.3) is 0 Å². The minimum absolute atomic E-state index is 0.0921. The van der Waals surface area contributed by atoms with Crippen LogP contribution in [0.3, 0.4) is 0 Å². The number of anilines is 1. The zero-order valence-corrected chi connectivity index (χ0v) is 18.9. The topological polar surface area (TPSA) is 122 Å². The summed E-state index contributed by atoms with van der Waals surface area (Å²) in [6, 6.07) is 8.83. The van der Waals surface area contributed by atoms with Gasteiger partial charge in [-0.2, -0.15) is 13.2 Å². The molecule has 2 aromatic rings. The molecule has 1 aliphatic heterocycles. The van der Waals surface area contributed by atoms with Crippen LogP contribution in [-0.2, 0) is 25.8 Å². The van der Waals surface area contributed by atoms with Gasteiger partial charge in [0.15, 0.2) is 0 Å². The molecule has 0 saturated carbocycles. The number of rotatable bonds is 8. The number of amides is 2. The molecule has 0 aliphatic carbocycles. The van der Waals surface area contributed by atoms with Gasteiger partial charge in [0.05, 0.1) is 30.6 Å². The Morgan fingerprint density at radius 3 is 2.18 bits per heavy atom. The first-order chi connectivity index (χ1) is 15.8. The fourth-order valence-electron chi connectivity index (χ4n) is 3.43. The number of alkyl halides is 3. The van der Waals surface area contributed by atoms with Gasteiger partial charge in [-0.15, -0.1) is 0 Å². The SMILES string of the molecule is CS(=O)(=O)N(C[C@@H](C(N)=O)N1CCNC(=O)C1)c1ccc(Oc2ccc(C(F)(F)F)cc2)cc1. The van der Waals surface area contributed by atoms with E-state index in [1.54, 1.807) is 0 Å². The van der Waals surface area contributed by atoms with Gasteiger partial charge in [-0.05, 0) is 48.5 Å². The summed E-state index contributed by atoms with van der Waals surface area (Å²) in [5.74, 6) is -0.646. The van der Waals surface area contributed by atoms with Crippen molar-refractivity contribution >= 4 is 27.5 Å². The molecule has 0 spiro atoms. The highest BCUT2D eigenvalue weighted by Crippen LogP contribution is 2.32. The van der Waals surface area contributed by atoms with E-state index in [1.165, 1.54) is 41.3 Å². The lowest BCUT2D eigenvalue weighted by atomic mass is 10.2. The van der Waals surface area contributed by atoms with E-state index >= 15 is 0 Å². The standard InChI is InChI=1S/C21H23F3N4O5S/c1-34(31,32)28(12-18(20(25)30)27-11-10-26-19(29)13-27)15-4-8-17(9-5-15)33-16-6-2-14(3-7-16)21(22,23)24/h2-9,18H,10-13H2,1H3,(H2,25,30)(H,26,29)/t18-/m0/s1. The minimum atomic E-state index is -4.46. The van der Waals surface area contributed by atoms with Crippen LogP contribution in [0.2, 0.25) is 0 Å². The Hall–Kier alpha value is -3.32. The molecule has 0 radical (unpaired) electrons. The third-order valence-electron chi connectivity index (χ3n) is 5.12. The van der Waals surface area contributed by atoms with Gasteiger partial charge < -0.3 is 15.8 Å². The van der Waals surface area contributed by atoms with E-state index in [1.807, 2.05) is 0 Å². The molecular weight excluding hydrogens is 477 g/mol. The third-order valence-corrected chi connectivity index (χ3v) is 6.28. The lowest BCUT2D eigenvalue weighted by molar-refractivity contribution is -0.137. The van der Waals surface area contributed by atoms with E-state index in [2.05, 4.69) is 5.32 Å². The van der Waals surface area contributed by atoms with Crippen LogP contribution in [0.15, 0.2) is 48.5 Å². The number of piperazine rings is 1. The number of carbonyl (C=O) groups excluding carboxylic acids is 2. The van der Waals surface area contributed by atoms with Crippen LogP contribution in [0.1, 0.15) is 5.56 Å². The number of hydrogen-bond donors (Lipinski definition) is 2. The molecular formula is C21H23F3N4O5S. The zero-order chi connectivity index (χ0) is 25.1. The van der Waals surface area contributed by atoms with E-state index in [4.69, 9.17) is 10.5 Å². The minimum Gasteiger partial charge on any atom is -0.457 e. The van der Waals surface area contributed by atoms with Crippen molar-refractivity contribution in [3.63, 3.8) is 0 Å². The highest BCUT2D eigenvalue weighted by molar-refractivity contribution is 7.92. The number of benzene rings is 2. The molecule has 0 aromatic heterocycles. The fourth-order valence-corrected chi connectivity index (χ4v) is 4.34. The molecule has 2 aromatic carbocycles. The van der Waals surface area contributed by atoms with Crippen molar-refractivity contribution in [2.75, 3.05) is 36.7 Å². The van der Waals surface area contributed by atoms with E-state index < -0.39 is 33.7 Å². The number of sulfonamides is 1. The number of nitrogens with one attached hydrogen (secondary N) is 1. The van der Waals surface area contributed by atoms with Crippen LogP contribution in [0.5, 0.6) is 11.5 Å². The Morgan fingerprint density at radius 1 is 1.15 bits per heavy atom. The maximum atomic E-state index is 12.7. The number of nitrogens with two attached hydrogens (primary N) is 1. The van der Waals surface area contributed by atoms with Crippen molar-refractivity contribution in [2.24, 2.45) is 5.73 Å². The van der Waals surface area contributed by atoms with Crippen LogP contribution in [-0.4, -0.2) is 63.6 Å². The third kappa shape index (κ3) is 6.38. The molecule has 1 aliphatic rings. The maximum absolute atomic E-state index is 12.7. The summed E-state index contributed by atoms with van der Waals surface area (Å²) in [7, 11) is -3.84. The molecule has 184 valence electrons. The second-order valence-corrected chi connectivity index (χ2v) is 9.56. The fraction of sp³-hybridized carbons (Fsp3) is 0.333. The Balaban J connectivity index is 1.78. The van der Waals surface area contributed by atoms with Crippen molar-refractivity contribution in [1.82, 2.24) is 10.2 Å². The van der Waals surface area contributed by atoms with Gasteiger partial charge in [0.25, 0.3) is 0 Å². The number of hydrogen-bond acceptors (Lipinski definition) is 6. The Kier molecular flexibility index (Phi) is 7.36. The van der Waals surface area contributed by atoms with E-state index in [0.29, 0.717) is 13.1 Å². The summed E-state index contributed by atoms with van der Waals surface area (Å²) >= 11 is 0. The maximum Gasteiger partial charge on any atom is 0.416 e. The van der Waals surface area contributed by atoms with Gasteiger partial charge in [-0.3, -0.25) is 18.8 Å². The molecule has 34 heavy (non-hydrogen) atoms. The smallest absolute Gasteiger partial charge is 0.416 e. The van der Waals surface area contributed by atoms with Gasteiger partial charge in [0.2, 0.25) is 21.8 Å². The van der Waals surface area contributed by atoms with Crippen LogP contribution in [0, 0.1) is 0 Å². The molecule has 1 atom stereocenters. The van der Waals surface area contributed by atoms with Gasteiger partial charge >= 0.3 is 6.18 Å². The first-order valence-electron chi connectivity index (χ1n) is 10.1. The average Bonchev–Trinajstić information content (AvgIpc) is 2.74. The van der Waals surface area contributed by atoms with Crippen molar-refractivity contribution in [3.8, 4) is 11.5 Å². The van der Waals surface area contributed by atoms with Crippen molar-refractivity contribution in [3.05, 3.63) is 54.1 Å².